The maximum atomic E-state index is 5.91. The molecule has 3 rings (SSSR count). The Balaban J connectivity index is 1.94. The molecule has 0 aliphatic heterocycles. The van der Waals surface area contributed by atoms with Crippen LogP contribution in [0.15, 0.2) is 42.9 Å². The number of aromatic nitrogens is 3. The number of unbranched alkanes of at least 4 members (excludes halogenated alkanes) is 1. The third-order valence-corrected chi connectivity index (χ3v) is 3.90. The molecule has 0 aliphatic rings. The molecule has 2 aromatic heterocycles. The number of nitrogens with zero attached hydrogens (tertiary/aromatic N) is 3. The van der Waals surface area contributed by atoms with Crippen molar-refractivity contribution in [1.82, 2.24) is 14.5 Å². The van der Waals surface area contributed by atoms with Crippen molar-refractivity contribution in [3.8, 4) is 17.6 Å². The largest absolute Gasteiger partial charge is 0.490 e. The van der Waals surface area contributed by atoms with Crippen molar-refractivity contribution in [3.63, 3.8) is 0 Å². The predicted octanol–water partition coefficient (Wildman–Crippen LogP) is 2.97. The highest BCUT2D eigenvalue weighted by Crippen LogP contribution is 2.26. The molecule has 0 saturated carbocycles. The number of rotatable bonds is 6. The summed E-state index contributed by atoms with van der Waals surface area (Å²) in [4.78, 5) is 8.97. The van der Waals surface area contributed by atoms with Crippen molar-refractivity contribution in [2.24, 2.45) is 5.73 Å². The van der Waals surface area contributed by atoms with E-state index in [1.165, 1.54) is 0 Å². The van der Waals surface area contributed by atoms with Crippen LogP contribution in [-0.4, -0.2) is 27.7 Å². The Morgan fingerprint density at radius 3 is 2.72 bits per heavy atom. The number of ether oxygens (including phenoxy) is 1. The highest BCUT2D eigenvalue weighted by atomic mass is 16.5. The molecule has 0 unspecified atom stereocenters. The highest BCUT2D eigenvalue weighted by molar-refractivity contribution is 5.85. The van der Waals surface area contributed by atoms with Crippen molar-refractivity contribution in [2.45, 2.75) is 26.3 Å². The van der Waals surface area contributed by atoms with E-state index in [9.17, 15) is 0 Å². The van der Waals surface area contributed by atoms with E-state index in [-0.39, 0.29) is 0 Å². The first-order chi connectivity index (χ1) is 12.3. The van der Waals surface area contributed by atoms with Crippen LogP contribution in [0.4, 0.5) is 0 Å². The van der Waals surface area contributed by atoms with Crippen LogP contribution in [0, 0.1) is 11.8 Å². The molecule has 5 nitrogen and oxygen atoms in total. The summed E-state index contributed by atoms with van der Waals surface area (Å²) < 4.78 is 7.97. The molecule has 0 fully saturated rings. The molecule has 0 saturated heterocycles. The van der Waals surface area contributed by atoms with Crippen LogP contribution < -0.4 is 10.5 Å². The summed E-state index contributed by atoms with van der Waals surface area (Å²) in [5, 5.41) is 0. The van der Waals surface area contributed by atoms with Crippen molar-refractivity contribution in [3.05, 3.63) is 54.1 Å². The van der Waals surface area contributed by atoms with Gasteiger partial charge in [-0.25, -0.2) is 9.97 Å². The van der Waals surface area contributed by atoms with E-state index in [1.807, 2.05) is 36.7 Å². The first-order valence-corrected chi connectivity index (χ1v) is 8.57. The highest BCUT2D eigenvalue weighted by Gasteiger charge is 2.13. The summed E-state index contributed by atoms with van der Waals surface area (Å²) in [5.41, 5.74) is 8.88. The summed E-state index contributed by atoms with van der Waals surface area (Å²) in [6.45, 7) is 4.19. The van der Waals surface area contributed by atoms with E-state index in [1.54, 1.807) is 6.20 Å². The Morgan fingerprint density at radius 1 is 1.12 bits per heavy atom. The van der Waals surface area contributed by atoms with E-state index in [4.69, 9.17) is 10.5 Å². The van der Waals surface area contributed by atoms with Crippen LogP contribution >= 0.6 is 0 Å². The molecular formula is C20H22N4O. The molecule has 3 aromatic rings. The van der Waals surface area contributed by atoms with Crippen LogP contribution in [0.5, 0.6) is 5.75 Å². The first-order valence-electron chi connectivity index (χ1n) is 8.57. The molecule has 0 spiro atoms. The zero-order valence-corrected chi connectivity index (χ0v) is 14.4. The van der Waals surface area contributed by atoms with Gasteiger partial charge in [-0.3, -0.25) is 0 Å². The number of hydrogen-bond acceptors (Lipinski definition) is 4. The fraction of sp³-hybridized carbons (Fsp3) is 0.300. The van der Waals surface area contributed by atoms with Crippen LogP contribution in [0.2, 0.25) is 0 Å². The van der Waals surface area contributed by atoms with Gasteiger partial charge in [0.15, 0.2) is 5.75 Å². The smallest absolute Gasteiger partial charge is 0.163 e. The minimum absolute atomic E-state index is 0.623. The molecule has 5 heteroatoms. The van der Waals surface area contributed by atoms with Gasteiger partial charge in [-0.05, 0) is 44.4 Å². The lowest BCUT2D eigenvalue weighted by molar-refractivity contribution is 0.309. The Morgan fingerprint density at radius 2 is 1.96 bits per heavy atom. The first kappa shape index (κ1) is 17.0. The van der Waals surface area contributed by atoms with Gasteiger partial charge < -0.3 is 15.0 Å². The fourth-order valence-electron chi connectivity index (χ4n) is 2.58. The average molecular weight is 334 g/mol. The minimum Gasteiger partial charge on any atom is -0.490 e. The second-order valence-corrected chi connectivity index (χ2v) is 5.66. The van der Waals surface area contributed by atoms with Crippen molar-refractivity contribution in [1.29, 1.82) is 0 Å². The summed E-state index contributed by atoms with van der Waals surface area (Å²) in [5.74, 6) is 7.03. The lowest BCUT2D eigenvalue weighted by Gasteiger charge is -2.09. The van der Waals surface area contributed by atoms with E-state index in [0.717, 1.165) is 41.7 Å². The molecule has 0 radical (unpaired) electrons. The Labute approximate surface area is 147 Å². The molecule has 25 heavy (non-hydrogen) atoms. The molecule has 0 bridgehead atoms. The number of hydrogen-bond donors (Lipinski definition) is 1. The lowest BCUT2D eigenvalue weighted by atomic mass is 10.2. The number of aryl methyl sites for hydroxylation is 1. The molecule has 128 valence electrons. The number of imidazole rings is 1. The Hall–Kier alpha value is -2.84. The van der Waals surface area contributed by atoms with Gasteiger partial charge in [-0.15, -0.1) is 0 Å². The number of pyridine rings is 1. The second-order valence-electron chi connectivity index (χ2n) is 5.66. The third kappa shape index (κ3) is 3.98. The summed E-state index contributed by atoms with van der Waals surface area (Å²) in [6.07, 6.45) is 5.43. The normalized spacial score (nSPS) is 10.5. The summed E-state index contributed by atoms with van der Waals surface area (Å²) >= 11 is 0. The molecule has 0 aliphatic carbocycles. The number of nitrogens with two attached hydrogens (primary N) is 1. The monoisotopic (exact) mass is 334 g/mol. The predicted molar refractivity (Wildman–Crippen MR) is 99.4 cm³/mol. The standard InChI is InChI=1S/C20H22N4O/c1-2-24-15-23-19-17(11-10-16-8-4-3-5-9-16)22-14-18(20(19)24)25-13-7-6-12-21/h3-5,8-9,14-15H,2,6-7,12-13,21H2,1H3. The molecule has 2 N–H and O–H groups in total. The number of benzene rings is 1. The Kier molecular flexibility index (Phi) is 5.65. The zero-order valence-electron chi connectivity index (χ0n) is 14.4. The van der Waals surface area contributed by atoms with Crippen molar-refractivity contribution < 1.29 is 4.74 Å². The molecule has 1 aromatic carbocycles. The van der Waals surface area contributed by atoms with Gasteiger partial charge in [-0.1, -0.05) is 24.1 Å². The van der Waals surface area contributed by atoms with Crippen molar-refractivity contribution in [2.75, 3.05) is 13.2 Å². The van der Waals surface area contributed by atoms with Gasteiger partial charge >= 0.3 is 0 Å². The van der Waals surface area contributed by atoms with E-state index >= 15 is 0 Å². The van der Waals surface area contributed by atoms with Gasteiger partial charge in [0.1, 0.15) is 16.7 Å². The van der Waals surface area contributed by atoms with Crippen LogP contribution in [0.25, 0.3) is 11.0 Å². The van der Waals surface area contributed by atoms with E-state index in [2.05, 4.69) is 33.3 Å². The van der Waals surface area contributed by atoms with E-state index in [0.29, 0.717) is 18.8 Å². The van der Waals surface area contributed by atoms with Gasteiger partial charge in [0, 0.05) is 12.1 Å². The maximum absolute atomic E-state index is 5.91. The maximum Gasteiger partial charge on any atom is 0.163 e. The fourth-order valence-corrected chi connectivity index (χ4v) is 2.58. The molecule has 0 amide bonds. The molecule has 0 atom stereocenters. The summed E-state index contributed by atoms with van der Waals surface area (Å²) in [6, 6.07) is 9.86. The third-order valence-electron chi connectivity index (χ3n) is 3.90. The van der Waals surface area contributed by atoms with Crippen LogP contribution in [0.3, 0.4) is 0 Å². The number of fused-ring (bicyclic) bond motifs is 1. The lowest BCUT2D eigenvalue weighted by Crippen LogP contribution is -2.05. The van der Waals surface area contributed by atoms with Crippen LogP contribution in [0.1, 0.15) is 31.0 Å². The van der Waals surface area contributed by atoms with E-state index < -0.39 is 0 Å². The van der Waals surface area contributed by atoms with Crippen LogP contribution in [-0.2, 0) is 6.54 Å². The minimum atomic E-state index is 0.623. The Bertz CT molecular complexity index is 890. The second kappa shape index (κ2) is 8.32. The quantitative estimate of drug-likeness (QED) is 0.556. The zero-order chi connectivity index (χ0) is 17.5. The summed E-state index contributed by atoms with van der Waals surface area (Å²) in [7, 11) is 0. The van der Waals surface area contributed by atoms with Gasteiger partial charge in [0.05, 0.1) is 19.1 Å². The molecular weight excluding hydrogens is 312 g/mol. The topological polar surface area (TPSA) is 66.0 Å². The molecule has 2 heterocycles. The van der Waals surface area contributed by atoms with Gasteiger partial charge in [0.25, 0.3) is 0 Å². The SMILES string of the molecule is CCn1cnc2c(C#Cc3ccccc3)ncc(OCCCCN)c21. The van der Waals surface area contributed by atoms with Gasteiger partial charge in [0.2, 0.25) is 0 Å². The average Bonchev–Trinajstić information content (AvgIpc) is 3.10. The van der Waals surface area contributed by atoms with Gasteiger partial charge in [-0.2, -0.15) is 0 Å². The van der Waals surface area contributed by atoms with Crippen molar-refractivity contribution >= 4 is 11.0 Å².